The zero-order valence-electron chi connectivity index (χ0n) is 5.07. The number of amides is 1. The second-order valence-corrected chi connectivity index (χ2v) is 2.33. The second-order valence-electron chi connectivity index (χ2n) is 1.50. The molecule has 1 aromatic heterocycles. The smallest absolute Gasteiger partial charge is 0.239 e. The first-order valence-electron chi connectivity index (χ1n) is 2.59. The van der Waals surface area contributed by atoms with Crippen molar-refractivity contribution in [2.24, 2.45) is 5.73 Å². The molecule has 0 spiro atoms. The van der Waals surface area contributed by atoms with Gasteiger partial charge in [-0.3, -0.25) is 10.1 Å². The van der Waals surface area contributed by atoms with Crippen LogP contribution in [-0.2, 0) is 4.79 Å². The van der Waals surface area contributed by atoms with Crippen LogP contribution < -0.4 is 11.1 Å². The fraction of sp³-hybridized carbons (Fsp3) is 0.250. The van der Waals surface area contributed by atoms with E-state index < -0.39 is 0 Å². The molecule has 6 heteroatoms. The van der Waals surface area contributed by atoms with Gasteiger partial charge >= 0.3 is 0 Å². The van der Waals surface area contributed by atoms with Gasteiger partial charge in [0.2, 0.25) is 11.0 Å². The van der Waals surface area contributed by atoms with E-state index in [1.54, 1.807) is 0 Å². The normalized spacial score (nSPS) is 9.30. The minimum absolute atomic E-state index is 0.0282. The Balaban J connectivity index is 2.48. The molecule has 1 amide bonds. The van der Waals surface area contributed by atoms with Crippen LogP contribution in [0.15, 0.2) is 5.51 Å². The Kier molecular flexibility index (Phi) is 2.30. The molecule has 5 nitrogen and oxygen atoms in total. The lowest BCUT2D eigenvalue weighted by Crippen LogP contribution is -2.21. The predicted octanol–water partition coefficient (Wildman–Crippen LogP) is -0.565. The fourth-order valence-corrected chi connectivity index (χ4v) is 0.859. The van der Waals surface area contributed by atoms with Gasteiger partial charge in [0.1, 0.15) is 5.51 Å². The molecule has 0 aromatic carbocycles. The van der Waals surface area contributed by atoms with Crippen LogP contribution in [0.2, 0.25) is 0 Å². The minimum Gasteiger partial charge on any atom is -0.322 e. The summed E-state index contributed by atoms with van der Waals surface area (Å²) in [5.74, 6) is -0.253. The Morgan fingerprint density at radius 1 is 1.90 bits per heavy atom. The molecule has 0 aliphatic rings. The van der Waals surface area contributed by atoms with Crippen LogP contribution >= 0.6 is 11.3 Å². The van der Waals surface area contributed by atoms with Crippen LogP contribution in [0.5, 0.6) is 0 Å². The Bertz CT molecular complexity index is 209. The molecule has 0 saturated heterocycles. The SMILES string of the molecule is NCC(=O)Nc1nncs1. The van der Waals surface area contributed by atoms with E-state index in [0.29, 0.717) is 5.13 Å². The highest BCUT2D eigenvalue weighted by atomic mass is 32.1. The molecule has 0 unspecified atom stereocenters. The summed E-state index contributed by atoms with van der Waals surface area (Å²) in [6, 6.07) is 0. The van der Waals surface area contributed by atoms with Gasteiger partial charge in [-0.15, -0.1) is 10.2 Å². The lowest BCUT2D eigenvalue weighted by Gasteiger charge is -1.93. The van der Waals surface area contributed by atoms with Crippen molar-refractivity contribution >= 4 is 22.4 Å². The van der Waals surface area contributed by atoms with Crippen molar-refractivity contribution in [2.75, 3.05) is 11.9 Å². The van der Waals surface area contributed by atoms with Gasteiger partial charge in [-0.05, 0) is 0 Å². The van der Waals surface area contributed by atoms with Crippen molar-refractivity contribution in [2.45, 2.75) is 0 Å². The van der Waals surface area contributed by atoms with E-state index in [0.717, 1.165) is 0 Å². The molecule has 1 rings (SSSR count). The number of rotatable bonds is 2. The summed E-state index contributed by atoms with van der Waals surface area (Å²) in [7, 11) is 0. The average Bonchev–Trinajstić information content (AvgIpc) is 2.40. The van der Waals surface area contributed by atoms with Crippen LogP contribution in [-0.4, -0.2) is 22.6 Å². The maximum atomic E-state index is 10.6. The predicted molar refractivity (Wildman–Crippen MR) is 37.6 cm³/mol. The number of nitrogens with zero attached hydrogens (tertiary/aromatic N) is 2. The van der Waals surface area contributed by atoms with E-state index in [9.17, 15) is 4.79 Å². The van der Waals surface area contributed by atoms with Gasteiger partial charge in [0.05, 0.1) is 6.54 Å². The number of nitrogens with one attached hydrogen (secondary N) is 1. The number of carbonyl (C=O) groups is 1. The summed E-state index contributed by atoms with van der Waals surface area (Å²) in [5.41, 5.74) is 6.57. The molecule has 3 N–H and O–H groups in total. The number of nitrogens with two attached hydrogens (primary N) is 1. The van der Waals surface area contributed by atoms with Crippen LogP contribution in [0, 0.1) is 0 Å². The number of hydrogen-bond donors (Lipinski definition) is 2. The van der Waals surface area contributed by atoms with Crippen molar-refractivity contribution in [3.63, 3.8) is 0 Å². The monoisotopic (exact) mass is 158 g/mol. The van der Waals surface area contributed by atoms with Crippen molar-refractivity contribution in [3.05, 3.63) is 5.51 Å². The summed E-state index contributed by atoms with van der Waals surface area (Å²) in [5, 5.41) is 10.0. The molecular formula is C4H6N4OS. The Labute approximate surface area is 61.3 Å². The molecule has 1 heterocycles. The number of carbonyl (C=O) groups excluding carboxylic acids is 1. The van der Waals surface area contributed by atoms with Crippen molar-refractivity contribution in [1.29, 1.82) is 0 Å². The Morgan fingerprint density at radius 2 is 2.70 bits per heavy atom. The molecule has 54 valence electrons. The summed E-state index contributed by atoms with van der Waals surface area (Å²) in [6.45, 7) is -0.0282. The van der Waals surface area contributed by atoms with E-state index in [2.05, 4.69) is 15.5 Å². The standard InChI is InChI=1S/C4H6N4OS/c5-1-3(9)7-4-8-6-2-10-4/h2H,1,5H2,(H,7,8,9). The molecule has 0 aliphatic heterocycles. The van der Waals surface area contributed by atoms with Gasteiger partial charge < -0.3 is 5.73 Å². The summed E-state index contributed by atoms with van der Waals surface area (Å²) >= 11 is 1.26. The quantitative estimate of drug-likeness (QED) is 0.604. The third kappa shape index (κ3) is 1.74. The number of aromatic nitrogens is 2. The topological polar surface area (TPSA) is 80.9 Å². The van der Waals surface area contributed by atoms with Gasteiger partial charge in [-0.1, -0.05) is 11.3 Å². The highest BCUT2D eigenvalue weighted by molar-refractivity contribution is 7.13. The third-order valence-corrected chi connectivity index (χ3v) is 1.40. The molecule has 0 radical (unpaired) electrons. The van der Waals surface area contributed by atoms with Crippen LogP contribution in [0.25, 0.3) is 0 Å². The lowest BCUT2D eigenvalue weighted by molar-refractivity contribution is -0.114. The third-order valence-electron chi connectivity index (χ3n) is 0.792. The number of hydrogen-bond acceptors (Lipinski definition) is 5. The number of anilines is 1. The van der Waals surface area contributed by atoms with E-state index >= 15 is 0 Å². The van der Waals surface area contributed by atoms with Crippen LogP contribution in [0.4, 0.5) is 5.13 Å². The maximum Gasteiger partial charge on any atom is 0.239 e. The van der Waals surface area contributed by atoms with Crippen molar-refractivity contribution < 1.29 is 4.79 Å². The molecule has 0 aliphatic carbocycles. The first kappa shape index (κ1) is 7.10. The first-order valence-corrected chi connectivity index (χ1v) is 3.47. The largest absolute Gasteiger partial charge is 0.322 e. The van der Waals surface area contributed by atoms with E-state index in [4.69, 9.17) is 5.73 Å². The van der Waals surface area contributed by atoms with Gasteiger partial charge in [0.15, 0.2) is 0 Å². The van der Waals surface area contributed by atoms with Crippen LogP contribution in [0.1, 0.15) is 0 Å². The van der Waals surface area contributed by atoms with Crippen molar-refractivity contribution in [3.8, 4) is 0 Å². The highest BCUT2D eigenvalue weighted by Crippen LogP contribution is 2.06. The van der Waals surface area contributed by atoms with Gasteiger partial charge in [-0.25, -0.2) is 0 Å². The average molecular weight is 158 g/mol. The minimum atomic E-state index is -0.253. The lowest BCUT2D eigenvalue weighted by atomic mass is 10.6. The first-order chi connectivity index (χ1) is 4.83. The molecule has 0 saturated carbocycles. The molecule has 0 atom stereocenters. The van der Waals surface area contributed by atoms with Gasteiger partial charge in [-0.2, -0.15) is 0 Å². The van der Waals surface area contributed by atoms with Gasteiger partial charge in [0, 0.05) is 0 Å². The second kappa shape index (κ2) is 3.23. The molecule has 10 heavy (non-hydrogen) atoms. The summed E-state index contributed by atoms with van der Waals surface area (Å²) < 4.78 is 0. The molecular weight excluding hydrogens is 152 g/mol. The Morgan fingerprint density at radius 3 is 3.20 bits per heavy atom. The zero-order valence-corrected chi connectivity index (χ0v) is 5.89. The Hall–Kier alpha value is -1.01. The maximum absolute atomic E-state index is 10.6. The highest BCUT2D eigenvalue weighted by Gasteiger charge is 1.99. The summed E-state index contributed by atoms with van der Waals surface area (Å²) in [4.78, 5) is 10.6. The molecule has 0 fully saturated rings. The molecule has 0 bridgehead atoms. The van der Waals surface area contributed by atoms with Crippen LogP contribution in [0.3, 0.4) is 0 Å². The zero-order chi connectivity index (χ0) is 7.40. The fourth-order valence-electron chi connectivity index (χ4n) is 0.398. The van der Waals surface area contributed by atoms with Crippen molar-refractivity contribution in [1.82, 2.24) is 10.2 Å². The summed E-state index contributed by atoms with van der Waals surface area (Å²) in [6.07, 6.45) is 0. The van der Waals surface area contributed by atoms with E-state index in [-0.39, 0.29) is 12.5 Å². The molecule has 1 aromatic rings. The van der Waals surface area contributed by atoms with E-state index in [1.165, 1.54) is 16.8 Å². The van der Waals surface area contributed by atoms with Gasteiger partial charge in [0.25, 0.3) is 0 Å². The van der Waals surface area contributed by atoms with E-state index in [1.807, 2.05) is 0 Å².